The second-order valence-electron chi connectivity index (χ2n) is 5.41. The highest BCUT2D eigenvalue weighted by molar-refractivity contribution is 5.91. The molecular formula is C18H18N4O2. The van der Waals surface area contributed by atoms with Gasteiger partial charge in [-0.25, -0.2) is 9.67 Å². The van der Waals surface area contributed by atoms with Gasteiger partial charge in [0, 0.05) is 12.6 Å². The number of rotatable bonds is 6. The fourth-order valence-electron chi connectivity index (χ4n) is 2.21. The Morgan fingerprint density at radius 2 is 2.00 bits per heavy atom. The summed E-state index contributed by atoms with van der Waals surface area (Å²) in [7, 11) is 0. The Morgan fingerprint density at radius 1 is 1.21 bits per heavy atom. The monoisotopic (exact) mass is 322 g/mol. The van der Waals surface area contributed by atoms with Crippen LogP contribution in [0.5, 0.6) is 0 Å². The average molecular weight is 322 g/mol. The summed E-state index contributed by atoms with van der Waals surface area (Å²) >= 11 is 0. The molecule has 122 valence electrons. The first-order valence-electron chi connectivity index (χ1n) is 7.61. The maximum absolute atomic E-state index is 11.8. The van der Waals surface area contributed by atoms with E-state index in [9.17, 15) is 4.79 Å². The highest BCUT2D eigenvalue weighted by Crippen LogP contribution is 2.08. The quantitative estimate of drug-likeness (QED) is 0.708. The summed E-state index contributed by atoms with van der Waals surface area (Å²) in [5, 5.41) is 6.92. The van der Waals surface area contributed by atoms with Crippen LogP contribution in [0.15, 0.2) is 59.5 Å². The molecule has 0 saturated carbocycles. The van der Waals surface area contributed by atoms with E-state index in [-0.39, 0.29) is 5.91 Å². The van der Waals surface area contributed by atoms with Crippen LogP contribution in [0.3, 0.4) is 0 Å². The third-order valence-corrected chi connectivity index (χ3v) is 3.46. The molecule has 3 aromatic rings. The van der Waals surface area contributed by atoms with Crippen molar-refractivity contribution in [3.8, 4) is 0 Å². The van der Waals surface area contributed by atoms with Crippen LogP contribution in [0.1, 0.15) is 22.6 Å². The van der Waals surface area contributed by atoms with Crippen LogP contribution in [-0.2, 0) is 17.9 Å². The van der Waals surface area contributed by atoms with Crippen LogP contribution in [0.25, 0.3) is 6.08 Å². The van der Waals surface area contributed by atoms with Gasteiger partial charge in [-0.2, -0.15) is 5.10 Å². The van der Waals surface area contributed by atoms with Crippen LogP contribution < -0.4 is 5.32 Å². The SMILES string of the molecule is Cc1ccc(/C=C/C(=O)NCc2ccc(Cn3cncn3)cc2)o1. The molecule has 0 radical (unpaired) electrons. The normalized spacial score (nSPS) is 11.0. The summed E-state index contributed by atoms with van der Waals surface area (Å²) in [5.41, 5.74) is 2.16. The summed E-state index contributed by atoms with van der Waals surface area (Å²) in [6.07, 6.45) is 6.32. The molecule has 2 aromatic heterocycles. The van der Waals surface area contributed by atoms with Crippen molar-refractivity contribution in [1.82, 2.24) is 20.1 Å². The van der Waals surface area contributed by atoms with Gasteiger partial charge in [-0.15, -0.1) is 0 Å². The Hall–Kier alpha value is -3.15. The molecule has 0 atom stereocenters. The first-order chi connectivity index (χ1) is 11.7. The minimum atomic E-state index is -0.157. The molecule has 0 saturated heterocycles. The molecule has 0 fully saturated rings. The van der Waals surface area contributed by atoms with Crippen molar-refractivity contribution in [2.45, 2.75) is 20.0 Å². The summed E-state index contributed by atoms with van der Waals surface area (Å²) < 4.78 is 7.14. The predicted molar refractivity (Wildman–Crippen MR) is 89.9 cm³/mol. The number of hydrogen-bond donors (Lipinski definition) is 1. The van der Waals surface area contributed by atoms with E-state index < -0.39 is 0 Å². The lowest BCUT2D eigenvalue weighted by Crippen LogP contribution is -2.20. The molecule has 1 aromatic carbocycles. The molecule has 2 heterocycles. The molecule has 3 rings (SSSR count). The van der Waals surface area contributed by atoms with E-state index in [1.54, 1.807) is 17.1 Å². The van der Waals surface area contributed by atoms with E-state index in [1.807, 2.05) is 43.3 Å². The van der Waals surface area contributed by atoms with E-state index >= 15 is 0 Å². The number of nitrogens with zero attached hydrogens (tertiary/aromatic N) is 3. The lowest BCUT2D eigenvalue weighted by atomic mass is 10.1. The van der Waals surface area contributed by atoms with E-state index in [0.717, 1.165) is 16.9 Å². The van der Waals surface area contributed by atoms with Crippen molar-refractivity contribution in [2.75, 3.05) is 0 Å². The minimum absolute atomic E-state index is 0.157. The molecule has 24 heavy (non-hydrogen) atoms. The van der Waals surface area contributed by atoms with Gasteiger partial charge in [0.1, 0.15) is 24.2 Å². The van der Waals surface area contributed by atoms with Gasteiger partial charge in [-0.1, -0.05) is 24.3 Å². The molecule has 0 aliphatic carbocycles. The van der Waals surface area contributed by atoms with Crippen molar-refractivity contribution in [1.29, 1.82) is 0 Å². The van der Waals surface area contributed by atoms with Crippen molar-refractivity contribution in [2.24, 2.45) is 0 Å². The topological polar surface area (TPSA) is 73.0 Å². The van der Waals surface area contributed by atoms with Crippen LogP contribution in [0.4, 0.5) is 0 Å². The molecule has 0 spiro atoms. The summed E-state index contributed by atoms with van der Waals surface area (Å²) in [4.78, 5) is 15.7. The number of benzene rings is 1. The van der Waals surface area contributed by atoms with Crippen LogP contribution in [0.2, 0.25) is 0 Å². The Labute approximate surface area is 139 Å². The maximum atomic E-state index is 11.8. The van der Waals surface area contributed by atoms with E-state index in [0.29, 0.717) is 18.8 Å². The van der Waals surface area contributed by atoms with Gasteiger partial charge >= 0.3 is 0 Å². The Balaban J connectivity index is 1.49. The zero-order chi connectivity index (χ0) is 16.8. The predicted octanol–water partition coefficient (Wildman–Crippen LogP) is 2.56. The molecule has 0 bridgehead atoms. The standard InChI is InChI=1S/C18H18N4O2/c1-14-2-7-17(24-14)8-9-18(23)20-10-15-3-5-16(6-4-15)11-22-13-19-12-21-22/h2-9,12-13H,10-11H2,1H3,(H,20,23)/b9-8+. The largest absolute Gasteiger partial charge is 0.462 e. The van der Waals surface area contributed by atoms with Crippen molar-refractivity contribution in [3.05, 3.63) is 77.8 Å². The zero-order valence-corrected chi connectivity index (χ0v) is 13.3. The van der Waals surface area contributed by atoms with Gasteiger partial charge in [0.15, 0.2) is 0 Å². The third-order valence-electron chi connectivity index (χ3n) is 3.46. The highest BCUT2D eigenvalue weighted by Gasteiger charge is 2.00. The molecule has 0 unspecified atom stereocenters. The van der Waals surface area contributed by atoms with E-state index in [2.05, 4.69) is 15.4 Å². The molecule has 6 heteroatoms. The first kappa shape index (κ1) is 15.7. The van der Waals surface area contributed by atoms with Crippen molar-refractivity contribution in [3.63, 3.8) is 0 Å². The number of carbonyl (C=O) groups excluding carboxylic acids is 1. The number of aromatic nitrogens is 3. The lowest BCUT2D eigenvalue weighted by Gasteiger charge is -2.05. The van der Waals surface area contributed by atoms with Gasteiger partial charge in [0.25, 0.3) is 0 Å². The fourth-order valence-corrected chi connectivity index (χ4v) is 2.21. The second-order valence-corrected chi connectivity index (χ2v) is 5.41. The number of aryl methyl sites for hydroxylation is 1. The lowest BCUT2D eigenvalue weighted by molar-refractivity contribution is -0.116. The van der Waals surface area contributed by atoms with Crippen molar-refractivity contribution >= 4 is 12.0 Å². The summed E-state index contributed by atoms with van der Waals surface area (Å²) in [6, 6.07) is 11.7. The third kappa shape index (κ3) is 4.42. The Bertz CT molecular complexity index is 817. The number of furan rings is 1. The number of amides is 1. The summed E-state index contributed by atoms with van der Waals surface area (Å²) in [5.74, 6) is 1.33. The Kier molecular flexibility index (Phi) is 4.86. The molecule has 1 N–H and O–H groups in total. The molecular weight excluding hydrogens is 304 g/mol. The number of nitrogens with one attached hydrogen (secondary N) is 1. The Morgan fingerprint density at radius 3 is 2.67 bits per heavy atom. The van der Waals surface area contributed by atoms with E-state index in [4.69, 9.17) is 4.42 Å². The first-order valence-corrected chi connectivity index (χ1v) is 7.61. The molecule has 0 aliphatic heterocycles. The van der Waals surface area contributed by atoms with Gasteiger partial charge in [0.2, 0.25) is 5.91 Å². The van der Waals surface area contributed by atoms with E-state index in [1.165, 1.54) is 12.4 Å². The van der Waals surface area contributed by atoms with Crippen LogP contribution >= 0.6 is 0 Å². The van der Waals surface area contributed by atoms with Gasteiger partial charge in [0.05, 0.1) is 6.54 Å². The number of carbonyl (C=O) groups is 1. The molecule has 1 amide bonds. The smallest absolute Gasteiger partial charge is 0.244 e. The summed E-state index contributed by atoms with van der Waals surface area (Å²) in [6.45, 7) is 3.02. The van der Waals surface area contributed by atoms with Gasteiger partial charge in [-0.05, 0) is 36.3 Å². The highest BCUT2D eigenvalue weighted by atomic mass is 16.3. The van der Waals surface area contributed by atoms with Crippen LogP contribution in [-0.4, -0.2) is 20.7 Å². The number of hydrogen-bond acceptors (Lipinski definition) is 4. The van der Waals surface area contributed by atoms with Gasteiger partial charge in [-0.3, -0.25) is 4.79 Å². The minimum Gasteiger partial charge on any atom is -0.462 e. The van der Waals surface area contributed by atoms with Gasteiger partial charge < -0.3 is 9.73 Å². The van der Waals surface area contributed by atoms with Crippen molar-refractivity contribution < 1.29 is 9.21 Å². The maximum Gasteiger partial charge on any atom is 0.244 e. The molecule has 6 nitrogen and oxygen atoms in total. The zero-order valence-electron chi connectivity index (χ0n) is 13.3. The fraction of sp³-hybridized carbons (Fsp3) is 0.167. The van der Waals surface area contributed by atoms with Crippen LogP contribution in [0, 0.1) is 6.92 Å². The molecule has 0 aliphatic rings. The average Bonchev–Trinajstić information content (AvgIpc) is 3.24. The second kappa shape index (κ2) is 7.41.